The van der Waals surface area contributed by atoms with E-state index >= 15 is 0 Å². The average Bonchev–Trinajstić information content (AvgIpc) is 2.18. The summed E-state index contributed by atoms with van der Waals surface area (Å²) in [7, 11) is 3.53. The Kier molecular flexibility index (Phi) is 4.39. The Labute approximate surface area is 86.4 Å². The molecule has 0 aromatic heterocycles. The number of carbonyl (C=O) groups is 1. The monoisotopic (exact) mass is 199 g/mol. The van der Waals surface area contributed by atoms with Crippen LogP contribution >= 0.6 is 0 Å². The third-order valence-electron chi connectivity index (χ3n) is 2.74. The Morgan fingerprint density at radius 2 is 1.86 bits per heavy atom. The first-order valence-corrected chi connectivity index (χ1v) is 5.48. The number of rotatable bonds is 3. The van der Waals surface area contributed by atoms with Crippen LogP contribution in [-0.2, 0) is 9.53 Å². The van der Waals surface area contributed by atoms with Crippen molar-refractivity contribution in [2.75, 3.05) is 14.1 Å². The lowest BCUT2D eigenvalue weighted by Crippen LogP contribution is -2.36. The van der Waals surface area contributed by atoms with Crippen molar-refractivity contribution in [3.05, 3.63) is 0 Å². The molecule has 82 valence electrons. The van der Waals surface area contributed by atoms with Crippen molar-refractivity contribution >= 4 is 5.91 Å². The van der Waals surface area contributed by atoms with E-state index in [1.54, 1.807) is 19.0 Å². The Morgan fingerprint density at radius 1 is 1.29 bits per heavy atom. The van der Waals surface area contributed by atoms with E-state index in [9.17, 15) is 4.79 Å². The van der Waals surface area contributed by atoms with Crippen LogP contribution in [0, 0.1) is 0 Å². The molecular formula is C11H21NO2. The molecule has 1 atom stereocenters. The first kappa shape index (κ1) is 11.5. The quantitative estimate of drug-likeness (QED) is 0.694. The molecule has 0 aromatic rings. The van der Waals surface area contributed by atoms with E-state index in [2.05, 4.69) is 0 Å². The van der Waals surface area contributed by atoms with Gasteiger partial charge in [-0.05, 0) is 19.8 Å². The van der Waals surface area contributed by atoms with Gasteiger partial charge in [0.2, 0.25) is 0 Å². The summed E-state index contributed by atoms with van der Waals surface area (Å²) >= 11 is 0. The summed E-state index contributed by atoms with van der Waals surface area (Å²) in [5, 5.41) is 0. The minimum atomic E-state index is -0.284. The number of nitrogens with zero attached hydrogens (tertiary/aromatic N) is 1. The number of carbonyl (C=O) groups excluding carboxylic acids is 1. The summed E-state index contributed by atoms with van der Waals surface area (Å²) in [6.07, 6.45) is 6.06. The van der Waals surface area contributed by atoms with Gasteiger partial charge in [0, 0.05) is 14.1 Å². The molecule has 1 saturated carbocycles. The van der Waals surface area contributed by atoms with Gasteiger partial charge in [-0.3, -0.25) is 4.79 Å². The van der Waals surface area contributed by atoms with E-state index in [4.69, 9.17) is 4.74 Å². The molecule has 0 spiro atoms. The van der Waals surface area contributed by atoms with Crippen LogP contribution < -0.4 is 0 Å². The summed E-state index contributed by atoms with van der Waals surface area (Å²) in [5.41, 5.74) is 0. The van der Waals surface area contributed by atoms with Gasteiger partial charge in [0.25, 0.3) is 5.91 Å². The standard InChI is InChI=1S/C11H21NO2/c1-9(11(13)12(2)3)14-10-7-5-4-6-8-10/h9-10H,4-8H2,1-3H3. The van der Waals surface area contributed by atoms with Gasteiger partial charge in [0.15, 0.2) is 0 Å². The summed E-state index contributed by atoms with van der Waals surface area (Å²) in [4.78, 5) is 13.1. The van der Waals surface area contributed by atoms with Crippen LogP contribution in [0.25, 0.3) is 0 Å². The molecule has 0 heterocycles. The highest BCUT2D eigenvalue weighted by Crippen LogP contribution is 2.21. The molecule has 14 heavy (non-hydrogen) atoms. The Morgan fingerprint density at radius 3 is 2.36 bits per heavy atom. The van der Waals surface area contributed by atoms with Crippen LogP contribution in [0.4, 0.5) is 0 Å². The van der Waals surface area contributed by atoms with Crippen molar-refractivity contribution in [2.24, 2.45) is 0 Å². The molecule has 1 rings (SSSR count). The molecule has 0 aliphatic heterocycles. The molecule has 3 nitrogen and oxygen atoms in total. The third kappa shape index (κ3) is 3.29. The SMILES string of the molecule is CC(OC1CCCCC1)C(=O)N(C)C. The maximum Gasteiger partial charge on any atom is 0.250 e. The predicted molar refractivity (Wildman–Crippen MR) is 56.1 cm³/mol. The number of likely N-dealkylation sites (N-methyl/N-ethyl adjacent to an activating group) is 1. The van der Waals surface area contributed by atoms with Crippen LogP contribution in [0.15, 0.2) is 0 Å². The molecule has 3 heteroatoms. The molecule has 0 bridgehead atoms. The first-order chi connectivity index (χ1) is 6.61. The Hall–Kier alpha value is -0.570. The largest absolute Gasteiger partial charge is 0.365 e. The highest BCUT2D eigenvalue weighted by molar-refractivity contribution is 5.79. The highest BCUT2D eigenvalue weighted by atomic mass is 16.5. The first-order valence-electron chi connectivity index (χ1n) is 5.48. The van der Waals surface area contributed by atoms with E-state index in [1.807, 2.05) is 6.92 Å². The van der Waals surface area contributed by atoms with E-state index in [0.717, 1.165) is 12.8 Å². The van der Waals surface area contributed by atoms with Gasteiger partial charge < -0.3 is 9.64 Å². The van der Waals surface area contributed by atoms with Gasteiger partial charge in [-0.15, -0.1) is 0 Å². The lowest BCUT2D eigenvalue weighted by atomic mass is 9.97. The molecular weight excluding hydrogens is 178 g/mol. The van der Waals surface area contributed by atoms with Gasteiger partial charge in [-0.2, -0.15) is 0 Å². The second-order valence-electron chi connectivity index (χ2n) is 4.27. The Bertz CT molecular complexity index is 186. The zero-order valence-electron chi connectivity index (χ0n) is 9.45. The summed E-state index contributed by atoms with van der Waals surface area (Å²) in [6.45, 7) is 1.84. The highest BCUT2D eigenvalue weighted by Gasteiger charge is 2.21. The van der Waals surface area contributed by atoms with Gasteiger partial charge in [0.05, 0.1) is 6.10 Å². The lowest BCUT2D eigenvalue weighted by Gasteiger charge is -2.26. The van der Waals surface area contributed by atoms with Gasteiger partial charge in [0.1, 0.15) is 6.10 Å². The van der Waals surface area contributed by atoms with Gasteiger partial charge in [-0.25, -0.2) is 0 Å². The number of ether oxygens (including phenoxy) is 1. The van der Waals surface area contributed by atoms with E-state index in [-0.39, 0.29) is 12.0 Å². The fourth-order valence-electron chi connectivity index (χ4n) is 1.91. The number of hydrogen-bond acceptors (Lipinski definition) is 2. The fraction of sp³-hybridized carbons (Fsp3) is 0.909. The van der Waals surface area contributed by atoms with Crippen molar-refractivity contribution in [3.63, 3.8) is 0 Å². The van der Waals surface area contributed by atoms with Crippen LogP contribution in [0.2, 0.25) is 0 Å². The smallest absolute Gasteiger partial charge is 0.250 e. The Balaban J connectivity index is 2.31. The maximum atomic E-state index is 11.5. The second kappa shape index (κ2) is 5.35. The number of amides is 1. The summed E-state index contributed by atoms with van der Waals surface area (Å²) in [5.74, 6) is 0.0653. The van der Waals surface area contributed by atoms with E-state index in [0.29, 0.717) is 6.10 Å². The molecule has 1 amide bonds. The maximum absolute atomic E-state index is 11.5. The van der Waals surface area contributed by atoms with Crippen molar-refractivity contribution in [3.8, 4) is 0 Å². The lowest BCUT2D eigenvalue weighted by molar-refractivity contribution is -0.144. The minimum Gasteiger partial charge on any atom is -0.365 e. The fourth-order valence-corrected chi connectivity index (χ4v) is 1.91. The van der Waals surface area contributed by atoms with Gasteiger partial charge >= 0.3 is 0 Å². The van der Waals surface area contributed by atoms with Gasteiger partial charge in [-0.1, -0.05) is 19.3 Å². The van der Waals surface area contributed by atoms with Crippen molar-refractivity contribution in [2.45, 2.75) is 51.2 Å². The third-order valence-corrected chi connectivity index (χ3v) is 2.74. The molecule has 0 radical (unpaired) electrons. The zero-order chi connectivity index (χ0) is 10.6. The molecule has 0 aromatic carbocycles. The normalized spacial score (nSPS) is 20.5. The molecule has 1 fully saturated rings. The molecule has 1 aliphatic carbocycles. The van der Waals surface area contributed by atoms with Crippen molar-refractivity contribution in [1.82, 2.24) is 4.90 Å². The van der Waals surface area contributed by atoms with Crippen molar-refractivity contribution in [1.29, 1.82) is 0 Å². The molecule has 1 unspecified atom stereocenters. The predicted octanol–water partition coefficient (Wildman–Crippen LogP) is 1.81. The van der Waals surface area contributed by atoms with Crippen molar-refractivity contribution < 1.29 is 9.53 Å². The second-order valence-corrected chi connectivity index (χ2v) is 4.27. The minimum absolute atomic E-state index is 0.0653. The van der Waals surface area contributed by atoms with E-state index < -0.39 is 0 Å². The van der Waals surface area contributed by atoms with Crippen LogP contribution in [-0.4, -0.2) is 37.1 Å². The molecule has 0 N–H and O–H groups in total. The van der Waals surface area contributed by atoms with Crippen LogP contribution in [0.5, 0.6) is 0 Å². The topological polar surface area (TPSA) is 29.5 Å². The number of hydrogen-bond donors (Lipinski definition) is 0. The van der Waals surface area contributed by atoms with E-state index in [1.165, 1.54) is 19.3 Å². The molecule has 0 saturated heterocycles. The van der Waals surface area contributed by atoms with Crippen LogP contribution in [0.1, 0.15) is 39.0 Å². The zero-order valence-corrected chi connectivity index (χ0v) is 9.45. The van der Waals surface area contributed by atoms with Crippen LogP contribution in [0.3, 0.4) is 0 Å². The molecule has 1 aliphatic rings. The average molecular weight is 199 g/mol. The summed E-state index contributed by atoms with van der Waals surface area (Å²) in [6, 6.07) is 0. The summed E-state index contributed by atoms with van der Waals surface area (Å²) < 4.78 is 5.72.